The third-order valence-electron chi connectivity index (χ3n) is 3.60. The summed E-state index contributed by atoms with van der Waals surface area (Å²) in [6.07, 6.45) is 2.10. The first-order chi connectivity index (χ1) is 10.3. The molecule has 0 aliphatic heterocycles. The van der Waals surface area contributed by atoms with Gasteiger partial charge in [0, 0.05) is 6.04 Å². The second kappa shape index (κ2) is 8.05. The third-order valence-corrected chi connectivity index (χ3v) is 4.33. The van der Waals surface area contributed by atoms with Crippen LogP contribution in [0.5, 0.6) is 11.5 Å². The Morgan fingerprint density at radius 2 is 1.95 bits per heavy atom. The van der Waals surface area contributed by atoms with Crippen LogP contribution in [0.2, 0.25) is 0 Å². The average molecular weight is 305 g/mol. The molecule has 0 radical (unpaired) electrons. The fraction of sp³-hybridized carbons (Fsp3) is 0.412. The maximum Gasteiger partial charge on any atom is 0.161 e. The lowest BCUT2D eigenvalue weighted by atomic mass is 10.0. The van der Waals surface area contributed by atoms with Crippen molar-refractivity contribution in [2.24, 2.45) is 0 Å². The van der Waals surface area contributed by atoms with E-state index in [1.165, 1.54) is 11.1 Å². The van der Waals surface area contributed by atoms with E-state index in [2.05, 4.69) is 41.2 Å². The molecule has 0 amide bonds. The van der Waals surface area contributed by atoms with Crippen LogP contribution < -0.4 is 14.8 Å². The second-order valence-electron chi connectivity index (χ2n) is 4.91. The molecule has 3 nitrogen and oxygen atoms in total. The van der Waals surface area contributed by atoms with Gasteiger partial charge in [-0.1, -0.05) is 13.0 Å². The minimum absolute atomic E-state index is 0.337. The van der Waals surface area contributed by atoms with Gasteiger partial charge in [-0.15, -0.1) is 0 Å². The van der Waals surface area contributed by atoms with Crippen LogP contribution in [0.15, 0.2) is 35.0 Å². The molecule has 2 aromatic rings. The maximum absolute atomic E-state index is 5.38. The summed E-state index contributed by atoms with van der Waals surface area (Å²) < 4.78 is 10.7. The van der Waals surface area contributed by atoms with Crippen LogP contribution in [0.1, 0.15) is 30.5 Å². The zero-order chi connectivity index (χ0) is 15.1. The van der Waals surface area contributed by atoms with E-state index in [1.807, 2.05) is 6.07 Å². The number of hydrogen-bond acceptors (Lipinski definition) is 4. The van der Waals surface area contributed by atoms with E-state index in [0.717, 1.165) is 30.9 Å². The first-order valence-electron chi connectivity index (χ1n) is 7.24. The SMILES string of the molecule is CCC(NCCc1ccsc1)c1ccc(OC)c(OC)c1. The van der Waals surface area contributed by atoms with Crippen molar-refractivity contribution < 1.29 is 9.47 Å². The number of benzene rings is 1. The van der Waals surface area contributed by atoms with Gasteiger partial charge in [0.25, 0.3) is 0 Å². The van der Waals surface area contributed by atoms with Crippen LogP contribution in [0.3, 0.4) is 0 Å². The summed E-state index contributed by atoms with van der Waals surface area (Å²) in [5.74, 6) is 1.56. The van der Waals surface area contributed by atoms with Crippen LogP contribution in [0.4, 0.5) is 0 Å². The summed E-state index contributed by atoms with van der Waals surface area (Å²) in [7, 11) is 3.33. The Bertz CT molecular complexity index is 540. The van der Waals surface area contributed by atoms with E-state index in [9.17, 15) is 0 Å². The molecule has 1 unspecified atom stereocenters. The third kappa shape index (κ3) is 4.22. The lowest BCUT2D eigenvalue weighted by Gasteiger charge is -2.19. The lowest BCUT2D eigenvalue weighted by Crippen LogP contribution is -2.23. The van der Waals surface area contributed by atoms with Gasteiger partial charge in [-0.3, -0.25) is 0 Å². The summed E-state index contributed by atoms with van der Waals surface area (Å²) in [4.78, 5) is 0. The van der Waals surface area contributed by atoms with Crippen molar-refractivity contribution in [2.45, 2.75) is 25.8 Å². The fourth-order valence-electron chi connectivity index (χ4n) is 2.39. The van der Waals surface area contributed by atoms with Gasteiger partial charge in [-0.05, 0) is 59.5 Å². The minimum Gasteiger partial charge on any atom is -0.493 e. The highest BCUT2D eigenvalue weighted by Crippen LogP contribution is 2.30. The van der Waals surface area contributed by atoms with Crippen molar-refractivity contribution in [3.8, 4) is 11.5 Å². The molecule has 0 bridgehead atoms. The molecule has 1 atom stereocenters. The van der Waals surface area contributed by atoms with Gasteiger partial charge in [0.05, 0.1) is 14.2 Å². The highest BCUT2D eigenvalue weighted by atomic mass is 32.1. The van der Waals surface area contributed by atoms with Crippen molar-refractivity contribution in [2.75, 3.05) is 20.8 Å². The zero-order valence-electron chi connectivity index (χ0n) is 12.9. The summed E-state index contributed by atoms with van der Waals surface area (Å²) in [6.45, 7) is 3.17. The van der Waals surface area contributed by atoms with Gasteiger partial charge < -0.3 is 14.8 Å². The smallest absolute Gasteiger partial charge is 0.161 e. The van der Waals surface area contributed by atoms with Gasteiger partial charge in [0.1, 0.15) is 0 Å². The number of hydrogen-bond donors (Lipinski definition) is 1. The van der Waals surface area contributed by atoms with Crippen LogP contribution in [-0.4, -0.2) is 20.8 Å². The molecule has 114 valence electrons. The van der Waals surface area contributed by atoms with Gasteiger partial charge in [0.15, 0.2) is 11.5 Å². The Hall–Kier alpha value is -1.52. The molecule has 1 aromatic heterocycles. The van der Waals surface area contributed by atoms with E-state index < -0.39 is 0 Å². The molecule has 1 aromatic carbocycles. The van der Waals surface area contributed by atoms with Crippen LogP contribution in [0, 0.1) is 0 Å². The molecule has 1 heterocycles. The number of methoxy groups -OCH3 is 2. The highest BCUT2D eigenvalue weighted by Gasteiger charge is 2.12. The molecule has 0 fully saturated rings. The highest BCUT2D eigenvalue weighted by molar-refractivity contribution is 7.07. The van der Waals surface area contributed by atoms with Gasteiger partial charge in [-0.2, -0.15) is 11.3 Å². The maximum atomic E-state index is 5.38. The predicted octanol–water partition coefficient (Wildman–Crippen LogP) is 4.05. The van der Waals surface area contributed by atoms with Crippen LogP contribution in [0.25, 0.3) is 0 Å². The Balaban J connectivity index is 1.99. The molecule has 2 rings (SSSR count). The molecule has 0 spiro atoms. The van der Waals surface area contributed by atoms with Crippen molar-refractivity contribution in [1.82, 2.24) is 5.32 Å². The first kappa shape index (κ1) is 15.9. The normalized spacial score (nSPS) is 12.1. The topological polar surface area (TPSA) is 30.5 Å². The zero-order valence-corrected chi connectivity index (χ0v) is 13.7. The van der Waals surface area contributed by atoms with Crippen molar-refractivity contribution in [3.05, 3.63) is 46.2 Å². The van der Waals surface area contributed by atoms with Gasteiger partial charge in [0.2, 0.25) is 0 Å². The number of thiophene rings is 1. The summed E-state index contributed by atoms with van der Waals surface area (Å²) in [5.41, 5.74) is 2.63. The Labute approximate surface area is 130 Å². The molecule has 0 saturated heterocycles. The molecule has 21 heavy (non-hydrogen) atoms. The second-order valence-corrected chi connectivity index (χ2v) is 5.69. The molecular weight excluding hydrogens is 282 g/mol. The monoisotopic (exact) mass is 305 g/mol. The Kier molecular flexibility index (Phi) is 6.08. The van der Waals surface area contributed by atoms with Crippen molar-refractivity contribution >= 4 is 11.3 Å². The first-order valence-corrected chi connectivity index (χ1v) is 8.19. The van der Waals surface area contributed by atoms with Crippen LogP contribution in [-0.2, 0) is 6.42 Å². The van der Waals surface area contributed by atoms with E-state index >= 15 is 0 Å². The summed E-state index contributed by atoms with van der Waals surface area (Å²) in [5, 5.41) is 7.95. The van der Waals surface area contributed by atoms with E-state index in [4.69, 9.17) is 9.47 Å². The van der Waals surface area contributed by atoms with E-state index in [0.29, 0.717) is 6.04 Å². The largest absolute Gasteiger partial charge is 0.493 e. The van der Waals surface area contributed by atoms with Crippen molar-refractivity contribution in [1.29, 1.82) is 0 Å². The van der Waals surface area contributed by atoms with Crippen LogP contribution >= 0.6 is 11.3 Å². The average Bonchev–Trinajstić information content (AvgIpc) is 3.04. The molecule has 0 aliphatic rings. The molecule has 0 aliphatic carbocycles. The summed E-state index contributed by atoms with van der Waals surface area (Å²) in [6, 6.07) is 8.65. The summed E-state index contributed by atoms with van der Waals surface area (Å²) >= 11 is 1.75. The minimum atomic E-state index is 0.337. The molecular formula is C17H23NO2S. The molecule has 1 N–H and O–H groups in total. The van der Waals surface area contributed by atoms with Gasteiger partial charge >= 0.3 is 0 Å². The Morgan fingerprint density at radius 1 is 1.14 bits per heavy atom. The van der Waals surface area contributed by atoms with E-state index in [1.54, 1.807) is 25.6 Å². The standard InChI is InChI=1S/C17H23NO2S/c1-4-15(18-9-7-13-8-10-21-12-13)14-5-6-16(19-2)17(11-14)20-3/h5-6,8,10-12,15,18H,4,7,9H2,1-3H3. The predicted molar refractivity (Wildman–Crippen MR) is 88.6 cm³/mol. The number of ether oxygens (including phenoxy) is 2. The molecule has 0 saturated carbocycles. The van der Waals surface area contributed by atoms with Gasteiger partial charge in [-0.25, -0.2) is 0 Å². The Morgan fingerprint density at radius 3 is 2.57 bits per heavy atom. The van der Waals surface area contributed by atoms with E-state index in [-0.39, 0.29) is 0 Å². The lowest BCUT2D eigenvalue weighted by molar-refractivity contribution is 0.353. The molecule has 4 heteroatoms. The quantitative estimate of drug-likeness (QED) is 0.798. The number of nitrogens with one attached hydrogen (secondary N) is 1. The fourth-order valence-corrected chi connectivity index (χ4v) is 3.10. The number of rotatable bonds is 8. The van der Waals surface area contributed by atoms with Crippen molar-refractivity contribution in [3.63, 3.8) is 0 Å².